The molecule has 6 nitrogen and oxygen atoms in total. The molecule has 4 rings (SSSR count). The lowest BCUT2D eigenvalue weighted by Gasteiger charge is -2.11. The lowest BCUT2D eigenvalue weighted by Crippen LogP contribution is -2.02. The third kappa shape index (κ3) is 3.47. The molecule has 0 radical (unpaired) electrons. The number of hydrogen-bond donors (Lipinski definition) is 0. The fourth-order valence-electron chi connectivity index (χ4n) is 3.45. The molecule has 2 aromatic carbocycles. The first kappa shape index (κ1) is 19.4. The third-order valence-electron chi connectivity index (χ3n) is 4.64. The number of benzene rings is 2. The van der Waals surface area contributed by atoms with Crippen molar-refractivity contribution in [1.29, 1.82) is 0 Å². The molecule has 0 spiro atoms. The van der Waals surface area contributed by atoms with Crippen LogP contribution in [-0.4, -0.2) is 36.2 Å². The Morgan fingerprint density at radius 2 is 1.83 bits per heavy atom. The average molecular weight is 428 g/mol. The van der Waals surface area contributed by atoms with Crippen LogP contribution in [0.2, 0.25) is 5.02 Å². The fraction of sp³-hybridized carbons (Fsp3) is 0.143. The molecule has 0 unspecified atom stereocenters. The van der Waals surface area contributed by atoms with Gasteiger partial charge in [0.2, 0.25) is 5.78 Å². The first-order chi connectivity index (χ1) is 13.8. The van der Waals surface area contributed by atoms with E-state index in [0.29, 0.717) is 17.0 Å². The number of aryl methyl sites for hydroxylation is 1. The van der Waals surface area contributed by atoms with Gasteiger partial charge in [-0.05, 0) is 55.0 Å². The van der Waals surface area contributed by atoms with Crippen molar-refractivity contribution < 1.29 is 13.2 Å². The summed E-state index contributed by atoms with van der Waals surface area (Å²) in [4.78, 5) is 9.18. The van der Waals surface area contributed by atoms with Gasteiger partial charge in [0.05, 0.1) is 28.4 Å². The van der Waals surface area contributed by atoms with Crippen LogP contribution in [0.1, 0.15) is 5.56 Å². The summed E-state index contributed by atoms with van der Waals surface area (Å²) >= 11 is 6.38. The number of fused-ring (bicyclic) bond motifs is 1. The predicted molar refractivity (Wildman–Crippen MR) is 113 cm³/mol. The Kier molecular flexibility index (Phi) is 4.80. The number of sulfone groups is 1. The fourth-order valence-corrected chi connectivity index (χ4v) is 5.19. The zero-order valence-electron chi connectivity index (χ0n) is 16.0. The molecule has 0 N–H and O–H groups in total. The van der Waals surface area contributed by atoms with Gasteiger partial charge in [0.25, 0.3) is 0 Å². The minimum Gasteiger partial charge on any atom is -0.497 e. The van der Waals surface area contributed by atoms with Crippen LogP contribution >= 0.6 is 11.6 Å². The SMILES string of the molecule is COc1ccc(-c2nc3ncccn3c2-c2cc(C)c(S(C)(=O)=O)c(Cl)c2)cc1. The van der Waals surface area contributed by atoms with Gasteiger partial charge >= 0.3 is 0 Å². The third-order valence-corrected chi connectivity index (χ3v) is 6.33. The quantitative estimate of drug-likeness (QED) is 0.481. The molecule has 0 atom stereocenters. The van der Waals surface area contributed by atoms with E-state index in [1.807, 2.05) is 47.0 Å². The van der Waals surface area contributed by atoms with E-state index in [9.17, 15) is 8.42 Å². The predicted octanol–water partition coefficient (Wildman–Crippen LogP) is 4.44. The second kappa shape index (κ2) is 7.17. The lowest BCUT2D eigenvalue weighted by molar-refractivity contribution is 0.415. The number of halogens is 1. The number of ether oxygens (including phenoxy) is 1. The molecule has 2 heterocycles. The van der Waals surface area contributed by atoms with E-state index in [1.165, 1.54) is 0 Å². The van der Waals surface area contributed by atoms with Crippen LogP contribution in [0.3, 0.4) is 0 Å². The second-order valence-electron chi connectivity index (χ2n) is 6.70. The van der Waals surface area contributed by atoms with Crippen LogP contribution in [0.4, 0.5) is 0 Å². The molecule has 0 aliphatic carbocycles. The normalized spacial score (nSPS) is 11.7. The number of methoxy groups -OCH3 is 1. The first-order valence-electron chi connectivity index (χ1n) is 8.77. The molecule has 148 valence electrons. The van der Waals surface area contributed by atoms with Crippen molar-refractivity contribution in [2.45, 2.75) is 11.8 Å². The molecule has 0 aliphatic rings. The minimum atomic E-state index is -3.44. The zero-order valence-corrected chi connectivity index (χ0v) is 17.6. The molecule has 0 bridgehead atoms. The summed E-state index contributed by atoms with van der Waals surface area (Å²) in [6, 6.07) is 12.9. The van der Waals surface area contributed by atoms with E-state index in [2.05, 4.69) is 4.98 Å². The van der Waals surface area contributed by atoms with Crippen molar-refractivity contribution in [3.63, 3.8) is 0 Å². The Hall–Kier alpha value is -2.90. The van der Waals surface area contributed by atoms with Crippen molar-refractivity contribution in [3.05, 3.63) is 65.4 Å². The van der Waals surface area contributed by atoms with Gasteiger partial charge in [-0.1, -0.05) is 11.6 Å². The van der Waals surface area contributed by atoms with Crippen molar-refractivity contribution in [2.75, 3.05) is 13.4 Å². The summed E-state index contributed by atoms with van der Waals surface area (Å²) in [6.07, 6.45) is 4.70. The Balaban J connectivity index is 2.00. The monoisotopic (exact) mass is 427 g/mol. The molecular formula is C21H18ClN3O3S. The van der Waals surface area contributed by atoms with Crippen LogP contribution in [-0.2, 0) is 9.84 Å². The van der Waals surface area contributed by atoms with Gasteiger partial charge in [-0.3, -0.25) is 4.40 Å². The van der Waals surface area contributed by atoms with Crippen molar-refractivity contribution in [1.82, 2.24) is 14.4 Å². The van der Waals surface area contributed by atoms with Crippen molar-refractivity contribution >= 4 is 27.2 Å². The minimum absolute atomic E-state index is 0.140. The first-order valence-corrected chi connectivity index (χ1v) is 11.0. The van der Waals surface area contributed by atoms with Gasteiger partial charge in [-0.2, -0.15) is 0 Å². The maximum Gasteiger partial charge on any atom is 0.234 e. The molecule has 0 fully saturated rings. The highest BCUT2D eigenvalue weighted by molar-refractivity contribution is 7.90. The molecular weight excluding hydrogens is 410 g/mol. The van der Waals surface area contributed by atoms with Crippen molar-refractivity contribution in [3.8, 4) is 28.3 Å². The molecule has 2 aromatic heterocycles. The van der Waals surface area contributed by atoms with Gasteiger partial charge in [-0.25, -0.2) is 18.4 Å². The Morgan fingerprint density at radius 1 is 1.10 bits per heavy atom. The van der Waals surface area contributed by atoms with E-state index >= 15 is 0 Å². The molecule has 0 saturated carbocycles. The summed E-state index contributed by atoms with van der Waals surface area (Å²) in [7, 11) is -1.83. The van der Waals surface area contributed by atoms with E-state index < -0.39 is 9.84 Å². The van der Waals surface area contributed by atoms with E-state index in [1.54, 1.807) is 26.3 Å². The van der Waals surface area contributed by atoms with Crippen LogP contribution in [0, 0.1) is 6.92 Å². The summed E-state index contributed by atoms with van der Waals surface area (Å²) in [6.45, 7) is 1.74. The number of nitrogens with zero attached hydrogens (tertiary/aromatic N) is 3. The summed E-state index contributed by atoms with van der Waals surface area (Å²) in [5.41, 5.74) is 3.71. The molecule has 0 aliphatic heterocycles. The molecule has 4 aromatic rings. The number of aromatic nitrogens is 3. The highest BCUT2D eigenvalue weighted by Gasteiger charge is 2.21. The van der Waals surface area contributed by atoms with E-state index in [4.69, 9.17) is 21.3 Å². The van der Waals surface area contributed by atoms with Gasteiger partial charge in [-0.15, -0.1) is 0 Å². The average Bonchev–Trinajstić information content (AvgIpc) is 3.06. The van der Waals surface area contributed by atoms with Crippen LogP contribution in [0.25, 0.3) is 28.3 Å². The summed E-state index contributed by atoms with van der Waals surface area (Å²) in [5, 5.41) is 0.182. The zero-order chi connectivity index (χ0) is 20.8. The van der Waals surface area contributed by atoms with Gasteiger partial charge in [0.1, 0.15) is 5.75 Å². The Morgan fingerprint density at radius 3 is 2.45 bits per heavy atom. The molecule has 29 heavy (non-hydrogen) atoms. The highest BCUT2D eigenvalue weighted by atomic mass is 35.5. The maximum atomic E-state index is 12.1. The van der Waals surface area contributed by atoms with Crippen LogP contribution in [0.15, 0.2) is 59.8 Å². The van der Waals surface area contributed by atoms with Crippen LogP contribution in [0.5, 0.6) is 5.75 Å². The Labute approximate surface area is 173 Å². The van der Waals surface area contributed by atoms with E-state index in [0.717, 1.165) is 28.8 Å². The number of imidazole rings is 1. The standard InChI is InChI=1S/C21H18ClN3O3S/c1-13-11-15(12-17(22)20(13)29(3,26)27)19-18(14-5-7-16(28-2)8-6-14)24-21-23-9-4-10-25(19)21/h4-12H,1-3H3. The summed E-state index contributed by atoms with van der Waals surface area (Å²) in [5.74, 6) is 1.28. The smallest absolute Gasteiger partial charge is 0.234 e. The van der Waals surface area contributed by atoms with E-state index in [-0.39, 0.29) is 9.92 Å². The number of rotatable bonds is 4. The number of hydrogen-bond acceptors (Lipinski definition) is 5. The van der Waals surface area contributed by atoms with Gasteiger partial charge in [0, 0.05) is 29.8 Å². The largest absolute Gasteiger partial charge is 0.497 e. The second-order valence-corrected chi connectivity index (χ2v) is 9.06. The van der Waals surface area contributed by atoms with Crippen LogP contribution < -0.4 is 4.74 Å². The summed E-state index contributed by atoms with van der Waals surface area (Å²) < 4.78 is 31.3. The van der Waals surface area contributed by atoms with Gasteiger partial charge < -0.3 is 4.74 Å². The highest BCUT2D eigenvalue weighted by Crippen LogP contribution is 2.37. The lowest BCUT2D eigenvalue weighted by atomic mass is 10.0. The van der Waals surface area contributed by atoms with Gasteiger partial charge in [0.15, 0.2) is 9.84 Å². The van der Waals surface area contributed by atoms with Crippen molar-refractivity contribution in [2.24, 2.45) is 0 Å². The Bertz CT molecular complexity index is 1310. The molecule has 0 amide bonds. The topological polar surface area (TPSA) is 73.6 Å². The maximum absolute atomic E-state index is 12.1. The molecule has 8 heteroatoms. The molecule has 0 saturated heterocycles.